The van der Waals surface area contributed by atoms with Crippen molar-refractivity contribution in [2.45, 2.75) is 50.4 Å². The molecule has 8 heteroatoms. The van der Waals surface area contributed by atoms with E-state index < -0.39 is 0 Å². The van der Waals surface area contributed by atoms with Crippen LogP contribution in [0.3, 0.4) is 0 Å². The lowest BCUT2D eigenvalue weighted by Crippen LogP contribution is -2.50. The van der Waals surface area contributed by atoms with Crippen LogP contribution in [0.4, 0.5) is 0 Å². The molecule has 0 aliphatic carbocycles. The van der Waals surface area contributed by atoms with E-state index in [0.717, 1.165) is 43.7 Å². The first-order valence-corrected chi connectivity index (χ1v) is 11.2. The molecule has 2 bridgehead atoms. The molecule has 0 spiro atoms. The number of hydrogen-bond acceptors (Lipinski definition) is 4. The van der Waals surface area contributed by atoms with Crippen LogP contribution in [0.25, 0.3) is 0 Å². The minimum Gasteiger partial charge on any atom is -0.454 e. The van der Waals surface area contributed by atoms with E-state index >= 15 is 0 Å². The molecule has 5 rings (SSSR count). The molecule has 30 heavy (non-hydrogen) atoms. The Labute approximate surface area is 190 Å². The predicted molar refractivity (Wildman–Crippen MR) is 117 cm³/mol. The van der Waals surface area contributed by atoms with Gasteiger partial charge in [0.05, 0.1) is 15.6 Å². The number of ether oxygens (including phenoxy) is 2. The quantitative estimate of drug-likeness (QED) is 0.663. The third-order valence-corrected chi connectivity index (χ3v) is 7.07. The van der Waals surface area contributed by atoms with Crippen molar-refractivity contribution in [1.82, 2.24) is 10.2 Å². The topological polar surface area (TPSA) is 50.8 Å². The van der Waals surface area contributed by atoms with Gasteiger partial charge >= 0.3 is 0 Å². The second kappa shape index (κ2) is 8.12. The van der Waals surface area contributed by atoms with E-state index in [0.29, 0.717) is 17.1 Å². The smallest absolute Gasteiger partial charge is 0.254 e. The summed E-state index contributed by atoms with van der Waals surface area (Å²) in [6.07, 6.45) is 4.11. The first-order chi connectivity index (χ1) is 14.5. The fourth-order valence-electron chi connectivity index (χ4n) is 4.92. The lowest BCUT2D eigenvalue weighted by molar-refractivity contribution is 0.0828. The van der Waals surface area contributed by atoms with E-state index in [1.54, 1.807) is 12.1 Å². The second-order valence-corrected chi connectivity index (χ2v) is 9.38. The van der Waals surface area contributed by atoms with Gasteiger partial charge in [-0.25, -0.2) is 0 Å². The molecule has 158 valence electrons. The Morgan fingerprint density at radius 3 is 2.37 bits per heavy atom. The first kappa shape index (κ1) is 20.3. The van der Waals surface area contributed by atoms with Gasteiger partial charge in [0.25, 0.3) is 5.91 Å². The molecule has 3 aliphatic heterocycles. The SMILES string of the molecule is O=C(NC1CC2CCC(C1)N2Cc1ccc2c(c1)OCO2)c1c(Cl)cc(Cl)cc1Cl. The Bertz CT molecular complexity index is 963. The van der Waals surface area contributed by atoms with E-state index in [9.17, 15) is 4.79 Å². The number of piperidine rings is 1. The zero-order valence-corrected chi connectivity index (χ0v) is 18.4. The molecule has 1 amide bonds. The fourth-order valence-corrected chi connectivity index (χ4v) is 5.91. The highest BCUT2D eigenvalue weighted by Gasteiger charge is 2.41. The number of halogens is 3. The van der Waals surface area contributed by atoms with Crippen molar-refractivity contribution in [3.05, 3.63) is 56.5 Å². The van der Waals surface area contributed by atoms with E-state index in [4.69, 9.17) is 44.3 Å². The summed E-state index contributed by atoms with van der Waals surface area (Å²) in [4.78, 5) is 15.4. The van der Waals surface area contributed by atoms with Crippen molar-refractivity contribution in [2.75, 3.05) is 6.79 Å². The maximum Gasteiger partial charge on any atom is 0.254 e. The average Bonchev–Trinajstić information content (AvgIpc) is 3.22. The lowest BCUT2D eigenvalue weighted by Gasteiger charge is -2.39. The van der Waals surface area contributed by atoms with Gasteiger partial charge < -0.3 is 14.8 Å². The summed E-state index contributed by atoms with van der Waals surface area (Å²) >= 11 is 18.4. The number of fused-ring (bicyclic) bond motifs is 3. The predicted octanol–water partition coefficient (Wildman–Crippen LogP) is 5.30. The Morgan fingerprint density at radius 2 is 1.67 bits per heavy atom. The lowest BCUT2D eigenvalue weighted by atomic mass is 9.96. The third-order valence-electron chi connectivity index (χ3n) is 6.26. The maximum absolute atomic E-state index is 12.8. The Balaban J connectivity index is 1.25. The zero-order chi connectivity index (χ0) is 20.8. The molecule has 1 N–H and O–H groups in total. The molecule has 0 saturated carbocycles. The number of hydrogen-bond donors (Lipinski definition) is 1. The van der Waals surface area contributed by atoms with E-state index in [1.807, 2.05) is 6.07 Å². The molecule has 0 radical (unpaired) electrons. The minimum absolute atomic E-state index is 0.103. The number of carbonyl (C=O) groups excluding carboxylic acids is 1. The van der Waals surface area contributed by atoms with Gasteiger partial charge in [0, 0.05) is 29.7 Å². The molecule has 2 atom stereocenters. The first-order valence-electron chi connectivity index (χ1n) is 10.1. The van der Waals surface area contributed by atoms with Gasteiger partial charge in [-0.3, -0.25) is 9.69 Å². The minimum atomic E-state index is -0.240. The number of benzene rings is 2. The molecule has 2 saturated heterocycles. The van der Waals surface area contributed by atoms with E-state index in [2.05, 4.69) is 22.3 Å². The molecule has 2 fully saturated rings. The maximum atomic E-state index is 12.8. The van der Waals surface area contributed by atoms with Gasteiger partial charge in [0.2, 0.25) is 6.79 Å². The van der Waals surface area contributed by atoms with Crippen LogP contribution in [0.1, 0.15) is 41.6 Å². The summed E-state index contributed by atoms with van der Waals surface area (Å²) in [5.41, 5.74) is 1.51. The van der Waals surface area contributed by atoms with Crippen LogP contribution in [0.5, 0.6) is 11.5 Å². The van der Waals surface area contributed by atoms with Gasteiger partial charge in [0.1, 0.15) is 0 Å². The summed E-state index contributed by atoms with van der Waals surface area (Å²) in [6, 6.07) is 10.2. The van der Waals surface area contributed by atoms with Gasteiger partial charge in [0.15, 0.2) is 11.5 Å². The number of rotatable bonds is 4. The molecule has 2 unspecified atom stereocenters. The van der Waals surface area contributed by atoms with Crippen molar-refractivity contribution in [1.29, 1.82) is 0 Å². The normalized spacial score (nSPS) is 24.8. The number of nitrogens with zero attached hydrogens (tertiary/aromatic N) is 1. The molecule has 3 aliphatic rings. The summed E-state index contributed by atoms with van der Waals surface area (Å²) in [7, 11) is 0. The number of carbonyl (C=O) groups is 1. The van der Waals surface area contributed by atoms with Gasteiger partial charge in [-0.05, 0) is 55.5 Å². The molecular formula is C22H21Cl3N2O3. The van der Waals surface area contributed by atoms with Crippen molar-refractivity contribution in [3.63, 3.8) is 0 Å². The summed E-state index contributed by atoms with van der Waals surface area (Å²) in [6.45, 7) is 1.16. The standard InChI is InChI=1S/C22H21Cl3N2O3/c23-13-6-17(24)21(18(25)7-13)22(28)26-14-8-15-2-3-16(9-14)27(15)10-12-1-4-19-20(5-12)30-11-29-19/h1,4-7,14-16H,2-3,8-11H2,(H,26,28). The highest BCUT2D eigenvalue weighted by molar-refractivity contribution is 6.42. The number of nitrogens with one attached hydrogen (secondary N) is 1. The molecule has 5 nitrogen and oxygen atoms in total. The van der Waals surface area contributed by atoms with Crippen LogP contribution in [-0.4, -0.2) is 35.7 Å². The van der Waals surface area contributed by atoms with E-state index in [-0.39, 0.29) is 34.4 Å². The Hall–Kier alpha value is -1.66. The summed E-state index contributed by atoms with van der Waals surface area (Å²) in [5, 5.41) is 4.10. The average molecular weight is 468 g/mol. The molecule has 0 aromatic heterocycles. The van der Waals surface area contributed by atoms with Crippen molar-refractivity contribution in [3.8, 4) is 11.5 Å². The fraction of sp³-hybridized carbons (Fsp3) is 0.409. The van der Waals surface area contributed by atoms with Crippen LogP contribution < -0.4 is 14.8 Å². The summed E-state index contributed by atoms with van der Waals surface area (Å²) in [5.74, 6) is 1.39. The van der Waals surface area contributed by atoms with Crippen LogP contribution >= 0.6 is 34.8 Å². The van der Waals surface area contributed by atoms with Crippen LogP contribution in [-0.2, 0) is 6.54 Å². The van der Waals surface area contributed by atoms with Crippen LogP contribution in [0.15, 0.2) is 30.3 Å². The van der Waals surface area contributed by atoms with Gasteiger partial charge in [-0.1, -0.05) is 40.9 Å². The molecule has 3 heterocycles. The van der Waals surface area contributed by atoms with Gasteiger partial charge in [-0.15, -0.1) is 0 Å². The third kappa shape index (κ3) is 3.84. The van der Waals surface area contributed by atoms with Gasteiger partial charge in [-0.2, -0.15) is 0 Å². The van der Waals surface area contributed by atoms with Crippen molar-refractivity contribution in [2.24, 2.45) is 0 Å². The monoisotopic (exact) mass is 466 g/mol. The highest BCUT2D eigenvalue weighted by Crippen LogP contribution is 2.39. The highest BCUT2D eigenvalue weighted by atomic mass is 35.5. The van der Waals surface area contributed by atoms with Crippen LogP contribution in [0.2, 0.25) is 15.1 Å². The Morgan fingerprint density at radius 1 is 1.00 bits per heavy atom. The molecular weight excluding hydrogens is 447 g/mol. The molecule has 2 aromatic rings. The van der Waals surface area contributed by atoms with Crippen molar-refractivity contribution >= 4 is 40.7 Å². The van der Waals surface area contributed by atoms with E-state index in [1.165, 1.54) is 5.56 Å². The zero-order valence-electron chi connectivity index (χ0n) is 16.2. The largest absolute Gasteiger partial charge is 0.454 e. The molecule has 2 aromatic carbocycles. The summed E-state index contributed by atoms with van der Waals surface area (Å²) < 4.78 is 10.9. The Kier molecular flexibility index (Phi) is 5.48. The van der Waals surface area contributed by atoms with Crippen molar-refractivity contribution < 1.29 is 14.3 Å². The second-order valence-electron chi connectivity index (χ2n) is 8.13. The number of amides is 1. The van der Waals surface area contributed by atoms with Crippen LogP contribution in [0, 0.1) is 0 Å².